The highest BCUT2D eigenvalue weighted by Crippen LogP contribution is 1.34. The Balaban J connectivity index is -0.0000000275. The molecule has 0 N–H and O–H groups in total. The Morgan fingerprint density at radius 1 is 1.50 bits per heavy atom. The van der Waals surface area contributed by atoms with Gasteiger partial charge >= 0.3 is 0 Å². The van der Waals surface area contributed by atoms with Crippen LogP contribution >= 0.6 is 24.0 Å². The molecule has 0 aromatic heterocycles. The van der Waals surface area contributed by atoms with Gasteiger partial charge in [0.1, 0.15) is 10.5 Å². The first-order valence-electron chi connectivity index (χ1n) is 1.19. The summed E-state index contributed by atoms with van der Waals surface area (Å²) in [6, 6.07) is 0. The Labute approximate surface area is 53.0 Å². The molecule has 0 aliphatic heterocycles. The van der Waals surface area contributed by atoms with Crippen molar-refractivity contribution >= 4 is 34.5 Å². The number of rotatable bonds is 0. The summed E-state index contributed by atoms with van der Waals surface area (Å²) in [7, 11) is 2.56. The van der Waals surface area contributed by atoms with Crippen LogP contribution in [-0.4, -0.2) is 24.0 Å². The fourth-order valence-corrected chi connectivity index (χ4v) is 0. The van der Waals surface area contributed by atoms with Gasteiger partial charge in [-0.05, 0) is 0 Å². The third kappa shape index (κ3) is 117. The second-order valence-corrected chi connectivity index (χ2v) is 1.22. The first-order valence-corrected chi connectivity index (χ1v) is 2.77. The summed E-state index contributed by atoms with van der Waals surface area (Å²) >= 11 is 4.64. The Morgan fingerprint density at radius 2 is 1.50 bits per heavy atom. The van der Waals surface area contributed by atoms with Crippen LogP contribution < -0.4 is 0 Å². The van der Waals surface area contributed by atoms with Gasteiger partial charge in [-0.2, -0.15) is 0 Å². The minimum atomic E-state index is 0. The summed E-state index contributed by atoms with van der Waals surface area (Å²) in [5.74, 6) is 0. The zero-order chi connectivity index (χ0) is 4.71. The van der Waals surface area contributed by atoms with Gasteiger partial charge in [0, 0.05) is 13.5 Å². The molecule has 0 aromatic rings. The molecule has 0 amide bonds. The predicted molar refractivity (Wildman–Crippen MR) is 36.0 cm³/mol. The Hall–Kier alpha value is 0.757. The minimum Gasteiger partial charge on any atom is -0.431 e. The second kappa shape index (κ2) is 42.2. The molecule has 1 nitrogen and oxygen atoms in total. The molecule has 0 rings (SSSR count). The van der Waals surface area contributed by atoms with E-state index in [-0.39, 0.29) is 12.4 Å². The van der Waals surface area contributed by atoms with E-state index in [1.54, 1.807) is 7.11 Å². The van der Waals surface area contributed by atoms with E-state index in [0.29, 0.717) is 0 Å². The lowest BCUT2D eigenvalue weighted by Crippen LogP contribution is -1.60. The number of alkyl halides is 1. The van der Waals surface area contributed by atoms with Crippen LogP contribution in [0.4, 0.5) is 0 Å². The van der Waals surface area contributed by atoms with E-state index in [1.165, 1.54) is 6.38 Å². The Bertz CT molecular complexity index is 11.5. The summed E-state index contributed by atoms with van der Waals surface area (Å²) in [5, 5.41) is 0. The lowest BCUT2D eigenvalue weighted by Gasteiger charge is -1.61. The first kappa shape index (κ1) is 15.9. The monoisotopic (exact) mass is 148 g/mol. The maximum absolute atomic E-state index is 4.64. The lowest BCUT2D eigenvalue weighted by atomic mass is 11.8. The molecule has 0 aromatic carbocycles. The standard InChI is InChI=1S/CH3Cl.CH6OSi.ClH/c1-2;1-2-3;/h1H3;1,3H3;1H. The highest BCUT2D eigenvalue weighted by atomic mass is 35.5. The summed E-state index contributed by atoms with van der Waals surface area (Å²) in [6.45, 7) is 0. The molecular weight excluding hydrogens is 139 g/mol. The number of halogens is 2. The topological polar surface area (TPSA) is 9.23 Å². The van der Waals surface area contributed by atoms with E-state index in [9.17, 15) is 0 Å². The Kier molecular flexibility index (Phi) is 112. The summed E-state index contributed by atoms with van der Waals surface area (Å²) < 4.78 is 4.39. The maximum atomic E-state index is 4.64. The fourth-order valence-electron chi connectivity index (χ4n) is 0. The molecule has 0 saturated carbocycles. The molecule has 0 saturated heterocycles. The molecule has 0 bridgehead atoms. The highest BCUT2D eigenvalue weighted by Gasteiger charge is 1.27. The molecule has 0 aliphatic carbocycles. The van der Waals surface area contributed by atoms with Gasteiger partial charge in [0.25, 0.3) is 0 Å². The van der Waals surface area contributed by atoms with Crippen molar-refractivity contribution in [3.63, 3.8) is 0 Å². The van der Waals surface area contributed by atoms with Crippen molar-refractivity contribution in [2.45, 2.75) is 0 Å². The van der Waals surface area contributed by atoms with Gasteiger partial charge in [-0.25, -0.2) is 0 Å². The van der Waals surface area contributed by atoms with Crippen molar-refractivity contribution in [3.8, 4) is 0 Å². The maximum Gasteiger partial charge on any atom is 0.145 e. The van der Waals surface area contributed by atoms with Crippen molar-refractivity contribution in [3.05, 3.63) is 0 Å². The molecule has 0 unspecified atom stereocenters. The van der Waals surface area contributed by atoms with Crippen LogP contribution in [0.5, 0.6) is 0 Å². The summed E-state index contributed by atoms with van der Waals surface area (Å²) in [6.07, 6.45) is 1.47. The molecular formula is C2H10Cl2OSi. The minimum absolute atomic E-state index is 0. The largest absolute Gasteiger partial charge is 0.431 e. The third-order valence-corrected chi connectivity index (χ3v) is 0. The lowest BCUT2D eigenvalue weighted by molar-refractivity contribution is 0.460. The molecule has 0 spiro atoms. The van der Waals surface area contributed by atoms with Crippen LogP contribution in [0.2, 0.25) is 0 Å². The van der Waals surface area contributed by atoms with Gasteiger partial charge in [-0.15, -0.1) is 24.0 Å². The Morgan fingerprint density at radius 3 is 1.50 bits per heavy atom. The number of hydrogen-bond acceptors (Lipinski definition) is 1. The van der Waals surface area contributed by atoms with E-state index in [1.807, 2.05) is 0 Å². The van der Waals surface area contributed by atoms with Gasteiger partial charge < -0.3 is 4.43 Å². The van der Waals surface area contributed by atoms with Crippen molar-refractivity contribution in [2.75, 3.05) is 13.5 Å². The van der Waals surface area contributed by atoms with E-state index in [0.717, 1.165) is 10.5 Å². The van der Waals surface area contributed by atoms with Crippen molar-refractivity contribution in [1.82, 2.24) is 0 Å². The first-order chi connectivity index (χ1) is 2.41. The van der Waals surface area contributed by atoms with Crippen molar-refractivity contribution in [2.24, 2.45) is 0 Å². The van der Waals surface area contributed by atoms with Gasteiger partial charge in [0.15, 0.2) is 0 Å². The average Bonchev–Trinajstić information content (AvgIpc) is 1.46. The summed E-state index contributed by atoms with van der Waals surface area (Å²) in [4.78, 5) is 0. The molecule has 42 valence electrons. The zero-order valence-corrected chi connectivity index (χ0v) is 7.77. The van der Waals surface area contributed by atoms with Crippen molar-refractivity contribution < 1.29 is 4.43 Å². The molecule has 0 heterocycles. The normalized spacial score (nSPS) is 4.50. The second-order valence-electron chi connectivity index (χ2n) is 0.408. The van der Waals surface area contributed by atoms with Crippen molar-refractivity contribution in [1.29, 1.82) is 0 Å². The van der Waals surface area contributed by atoms with Gasteiger partial charge in [0.05, 0.1) is 0 Å². The van der Waals surface area contributed by atoms with Gasteiger partial charge in [-0.3, -0.25) is 0 Å². The molecule has 6 heavy (non-hydrogen) atoms. The van der Waals surface area contributed by atoms with E-state index in [2.05, 4.69) is 16.0 Å². The van der Waals surface area contributed by atoms with Gasteiger partial charge in [-0.1, -0.05) is 0 Å². The van der Waals surface area contributed by atoms with Gasteiger partial charge in [0.2, 0.25) is 0 Å². The molecule has 0 aliphatic rings. The van der Waals surface area contributed by atoms with Crippen LogP contribution in [0.3, 0.4) is 0 Å². The van der Waals surface area contributed by atoms with Crippen LogP contribution in [0.1, 0.15) is 0 Å². The fraction of sp³-hybridized carbons (Fsp3) is 1.00. The molecule has 0 atom stereocenters. The number of hydrogen-bond donors (Lipinski definition) is 0. The van der Waals surface area contributed by atoms with E-state index >= 15 is 0 Å². The SMILES string of the molecule is CCl.CO[SiH3].Cl. The van der Waals surface area contributed by atoms with Crippen LogP contribution in [-0.2, 0) is 4.43 Å². The molecule has 4 heteroatoms. The average molecular weight is 149 g/mol. The third-order valence-electron chi connectivity index (χ3n) is 0. The van der Waals surface area contributed by atoms with E-state index in [4.69, 9.17) is 0 Å². The van der Waals surface area contributed by atoms with Crippen LogP contribution in [0.15, 0.2) is 0 Å². The molecule has 0 radical (unpaired) electrons. The predicted octanol–water partition coefficient (Wildman–Crippen LogP) is 0.190. The van der Waals surface area contributed by atoms with Crippen LogP contribution in [0.25, 0.3) is 0 Å². The van der Waals surface area contributed by atoms with Crippen LogP contribution in [0, 0.1) is 0 Å². The molecule has 0 fully saturated rings. The highest BCUT2D eigenvalue weighted by molar-refractivity contribution is 6.15. The zero-order valence-electron chi connectivity index (χ0n) is 4.19. The van der Waals surface area contributed by atoms with E-state index < -0.39 is 0 Å². The quantitative estimate of drug-likeness (QED) is 0.353. The summed E-state index contributed by atoms with van der Waals surface area (Å²) in [5.41, 5.74) is 0. The smallest absolute Gasteiger partial charge is 0.145 e.